The number of hydrogen-bond acceptors (Lipinski definition) is 4. The Balaban J connectivity index is 1.58. The number of benzene rings is 2. The summed E-state index contributed by atoms with van der Waals surface area (Å²) >= 11 is 0. The molecule has 2 aromatic rings. The number of carbonyl (C=O) groups excluding carboxylic acids is 2. The van der Waals surface area contributed by atoms with Gasteiger partial charge in [0.15, 0.2) is 0 Å². The van der Waals surface area contributed by atoms with Crippen LogP contribution in [0, 0.1) is 0 Å². The molecule has 142 valence electrons. The van der Waals surface area contributed by atoms with Crippen LogP contribution in [-0.4, -0.2) is 62.0 Å². The van der Waals surface area contributed by atoms with Gasteiger partial charge in [0.1, 0.15) is 5.75 Å². The Hall–Kier alpha value is -2.86. The largest absolute Gasteiger partial charge is 0.496 e. The van der Waals surface area contributed by atoms with Crippen molar-refractivity contribution in [1.29, 1.82) is 0 Å². The van der Waals surface area contributed by atoms with E-state index >= 15 is 0 Å². The van der Waals surface area contributed by atoms with Gasteiger partial charge in [-0.2, -0.15) is 0 Å². The van der Waals surface area contributed by atoms with E-state index < -0.39 is 0 Å². The summed E-state index contributed by atoms with van der Waals surface area (Å²) in [5.41, 5.74) is 2.14. The maximum absolute atomic E-state index is 12.6. The summed E-state index contributed by atoms with van der Waals surface area (Å²) in [5.74, 6) is 0.605. The van der Waals surface area contributed by atoms with Gasteiger partial charge in [-0.25, -0.2) is 0 Å². The van der Waals surface area contributed by atoms with Crippen molar-refractivity contribution in [3.05, 3.63) is 59.7 Å². The molecule has 1 heterocycles. The van der Waals surface area contributed by atoms with Gasteiger partial charge in [-0.15, -0.1) is 0 Å². The van der Waals surface area contributed by atoms with Crippen LogP contribution in [0.3, 0.4) is 0 Å². The number of nitrogens with one attached hydrogen (secondary N) is 1. The van der Waals surface area contributed by atoms with Gasteiger partial charge in [0.2, 0.25) is 5.91 Å². The Morgan fingerprint density at radius 1 is 1.00 bits per heavy atom. The van der Waals surface area contributed by atoms with E-state index in [1.54, 1.807) is 31.4 Å². The number of anilines is 1. The number of likely N-dealkylation sites (N-methyl/N-ethyl adjacent to an activating group) is 1. The van der Waals surface area contributed by atoms with Crippen molar-refractivity contribution < 1.29 is 14.3 Å². The summed E-state index contributed by atoms with van der Waals surface area (Å²) in [6, 6.07) is 14.5. The van der Waals surface area contributed by atoms with E-state index in [1.165, 1.54) is 0 Å². The Kier molecular flexibility index (Phi) is 6.08. The fraction of sp³-hybridized carbons (Fsp3) is 0.333. The number of ether oxygens (including phenoxy) is 1. The number of nitrogens with zero attached hydrogens (tertiary/aromatic N) is 2. The summed E-state index contributed by atoms with van der Waals surface area (Å²) in [6.07, 6.45) is 0.228. The average Bonchev–Trinajstić information content (AvgIpc) is 2.69. The number of amides is 2. The minimum absolute atomic E-state index is 0.0370. The molecule has 6 nitrogen and oxygen atoms in total. The third-order valence-corrected chi connectivity index (χ3v) is 4.75. The van der Waals surface area contributed by atoms with Gasteiger partial charge in [0.05, 0.1) is 13.5 Å². The summed E-state index contributed by atoms with van der Waals surface area (Å²) in [6.45, 7) is 3.27. The highest BCUT2D eigenvalue weighted by Crippen LogP contribution is 2.19. The molecule has 0 bridgehead atoms. The van der Waals surface area contributed by atoms with E-state index in [4.69, 9.17) is 4.74 Å². The van der Waals surface area contributed by atoms with E-state index in [9.17, 15) is 9.59 Å². The van der Waals surface area contributed by atoms with Crippen LogP contribution in [0.15, 0.2) is 48.5 Å². The lowest BCUT2D eigenvalue weighted by Crippen LogP contribution is -2.47. The number of hydrogen-bond donors (Lipinski definition) is 1. The molecule has 0 unspecified atom stereocenters. The van der Waals surface area contributed by atoms with Crippen molar-refractivity contribution in [2.45, 2.75) is 6.42 Å². The second-order valence-corrected chi connectivity index (χ2v) is 6.71. The van der Waals surface area contributed by atoms with Crippen LogP contribution in [0.4, 0.5) is 5.69 Å². The van der Waals surface area contributed by atoms with Gasteiger partial charge >= 0.3 is 0 Å². The number of piperazine rings is 1. The number of para-hydroxylation sites is 1. The van der Waals surface area contributed by atoms with Gasteiger partial charge in [-0.1, -0.05) is 18.2 Å². The normalized spacial score (nSPS) is 14.7. The predicted molar refractivity (Wildman–Crippen MR) is 105 cm³/mol. The first kappa shape index (κ1) is 18.9. The van der Waals surface area contributed by atoms with E-state index in [1.807, 2.05) is 29.2 Å². The summed E-state index contributed by atoms with van der Waals surface area (Å²) in [5, 5.41) is 2.87. The van der Waals surface area contributed by atoms with Crippen molar-refractivity contribution in [3.63, 3.8) is 0 Å². The van der Waals surface area contributed by atoms with Gasteiger partial charge in [0.25, 0.3) is 5.91 Å². The van der Waals surface area contributed by atoms with Crippen molar-refractivity contribution in [3.8, 4) is 5.75 Å². The fourth-order valence-electron chi connectivity index (χ4n) is 3.12. The zero-order valence-electron chi connectivity index (χ0n) is 15.8. The molecular weight excluding hydrogens is 342 g/mol. The number of methoxy groups -OCH3 is 1. The number of carbonyl (C=O) groups is 2. The maximum atomic E-state index is 12.6. The molecule has 1 saturated heterocycles. The predicted octanol–water partition coefficient (Wildman–Crippen LogP) is 2.26. The third kappa shape index (κ3) is 4.86. The van der Waals surface area contributed by atoms with Gasteiger partial charge < -0.3 is 19.9 Å². The second kappa shape index (κ2) is 8.68. The monoisotopic (exact) mass is 367 g/mol. The van der Waals surface area contributed by atoms with E-state index in [2.05, 4.69) is 17.3 Å². The van der Waals surface area contributed by atoms with Crippen LogP contribution in [0.5, 0.6) is 5.75 Å². The lowest BCUT2D eigenvalue weighted by molar-refractivity contribution is -0.115. The maximum Gasteiger partial charge on any atom is 0.253 e. The topological polar surface area (TPSA) is 61.9 Å². The van der Waals surface area contributed by atoms with Crippen molar-refractivity contribution in [2.24, 2.45) is 0 Å². The molecule has 2 aromatic carbocycles. The van der Waals surface area contributed by atoms with Crippen molar-refractivity contribution in [1.82, 2.24) is 9.80 Å². The van der Waals surface area contributed by atoms with Crippen LogP contribution < -0.4 is 10.1 Å². The van der Waals surface area contributed by atoms with Crippen molar-refractivity contribution >= 4 is 17.5 Å². The molecule has 2 amide bonds. The molecule has 0 aromatic heterocycles. The van der Waals surface area contributed by atoms with E-state index in [0.29, 0.717) is 17.0 Å². The zero-order chi connectivity index (χ0) is 19.2. The standard InChI is InChI=1S/C21H25N3O3/c1-23-11-13-24(14-12-23)21(26)16-7-9-18(10-8-16)22-20(25)15-17-5-3-4-6-19(17)27-2/h3-10H,11-15H2,1-2H3,(H,22,25). The lowest BCUT2D eigenvalue weighted by atomic mass is 10.1. The van der Waals surface area contributed by atoms with E-state index in [-0.39, 0.29) is 18.2 Å². The average molecular weight is 367 g/mol. The molecular formula is C21H25N3O3. The highest BCUT2D eigenvalue weighted by Gasteiger charge is 2.20. The fourth-order valence-corrected chi connectivity index (χ4v) is 3.12. The molecule has 1 fully saturated rings. The third-order valence-electron chi connectivity index (χ3n) is 4.75. The highest BCUT2D eigenvalue weighted by molar-refractivity contribution is 5.96. The molecule has 1 aliphatic rings. The van der Waals surface area contributed by atoms with E-state index in [0.717, 1.165) is 31.7 Å². The molecule has 27 heavy (non-hydrogen) atoms. The molecule has 1 aliphatic heterocycles. The van der Waals surface area contributed by atoms with Gasteiger partial charge in [-0.05, 0) is 37.4 Å². The zero-order valence-corrected chi connectivity index (χ0v) is 15.8. The second-order valence-electron chi connectivity index (χ2n) is 6.71. The summed E-state index contributed by atoms with van der Waals surface area (Å²) in [7, 11) is 3.65. The smallest absolute Gasteiger partial charge is 0.253 e. The minimum atomic E-state index is -0.127. The van der Waals surface area contributed by atoms with Crippen LogP contribution in [0.1, 0.15) is 15.9 Å². The summed E-state index contributed by atoms with van der Waals surface area (Å²) in [4.78, 5) is 28.9. The first-order valence-electron chi connectivity index (χ1n) is 9.06. The van der Waals surface area contributed by atoms with Gasteiger partial charge in [-0.3, -0.25) is 9.59 Å². The highest BCUT2D eigenvalue weighted by atomic mass is 16.5. The first-order valence-corrected chi connectivity index (χ1v) is 9.06. The molecule has 0 saturated carbocycles. The Morgan fingerprint density at radius 2 is 1.67 bits per heavy atom. The SMILES string of the molecule is COc1ccccc1CC(=O)Nc1ccc(C(=O)N2CCN(C)CC2)cc1. The molecule has 0 aliphatic carbocycles. The molecule has 3 rings (SSSR count). The Morgan fingerprint density at radius 3 is 2.33 bits per heavy atom. The molecule has 0 atom stereocenters. The Bertz CT molecular complexity index is 797. The van der Waals surface area contributed by atoms with Crippen LogP contribution in [0.2, 0.25) is 0 Å². The molecule has 0 radical (unpaired) electrons. The molecule has 6 heteroatoms. The lowest BCUT2D eigenvalue weighted by Gasteiger charge is -2.32. The van der Waals surface area contributed by atoms with Crippen molar-refractivity contribution in [2.75, 3.05) is 45.7 Å². The molecule has 0 spiro atoms. The first-order chi connectivity index (χ1) is 13.1. The quantitative estimate of drug-likeness (QED) is 0.881. The molecule has 1 N–H and O–H groups in total. The summed E-state index contributed by atoms with van der Waals surface area (Å²) < 4.78 is 5.28. The van der Waals surface area contributed by atoms with Crippen LogP contribution in [0.25, 0.3) is 0 Å². The van der Waals surface area contributed by atoms with Crippen LogP contribution in [-0.2, 0) is 11.2 Å². The Labute approximate surface area is 159 Å². The minimum Gasteiger partial charge on any atom is -0.496 e. The van der Waals surface area contributed by atoms with Gasteiger partial charge in [0, 0.05) is 43.0 Å². The number of rotatable bonds is 5. The van der Waals surface area contributed by atoms with Crippen LogP contribution >= 0.6 is 0 Å².